The molecule has 3 N–H and O–H groups in total. The van der Waals surface area contributed by atoms with Crippen LogP contribution in [0.3, 0.4) is 0 Å². The molecule has 2 amide bonds. The third-order valence-corrected chi connectivity index (χ3v) is 5.16. The Kier molecular flexibility index (Phi) is 6.61. The summed E-state index contributed by atoms with van der Waals surface area (Å²) in [5, 5.41) is 15.6. The Morgan fingerprint density at radius 3 is 2.86 bits per heavy atom. The summed E-state index contributed by atoms with van der Waals surface area (Å²) in [6.45, 7) is 3.24. The molecule has 0 bridgehead atoms. The molecule has 1 fully saturated rings. The molecule has 154 valence electrons. The van der Waals surface area contributed by atoms with Crippen LogP contribution in [0.25, 0.3) is 0 Å². The molecule has 0 saturated carbocycles. The Morgan fingerprint density at radius 2 is 2.21 bits per heavy atom. The summed E-state index contributed by atoms with van der Waals surface area (Å²) in [7, 11) is 2.33. The molecule has 1 aromatic heterocycles. The third-order valence-electron chi connectivity index (χ3n) is 4.69. The molecule has 10 heteroatoms. The number of rotatable bonds is 7. The van der Waals surface area contributed by atoms with Crippen LogP contribution in [0.5, 0.6) is 0 Å². The highest BCUT2D eigenvalue weighted by molar-refractivity contribution is 7.28. The molecule has 0 aliphatic carbocycles. The van der Waals surface area contributed by atoms with Crippen molar-refractivity contribution in [2.45, 2.75) is 25.8 Å². The highest BCUT2D eigenvalue weighted by Crippen LogP contribution is 2.19. The number of nitrogens with zero attached hydrogens (tertiary/aromatic N) is 3. The predicted octanol–water partition coefficient (Wildman–Crippen LogP) is 1.47. The third kappa shape index (κ3) is 4.81. The summed E-state index contributed by atoms with van der Waals surface area (Å²) in [4.78, 5) is 27.9. The number of pyridine rings is 1. The summed E-state index contributed by atoms with van der Waals surface area (Å²) in [5.41, 5.74) is 2.87. The van der Waals surface area contributed by atoms with Crippen molar-refractivity contribution in [3.63, 3.8) is 0 Å². The van der Waals surface area contributed by atoms with Gasteiger partial charge in [-0.2, -0.15) is 0 Å². The molecule has 8 nitrogen and oxygen atoms in total. The van der Waals surface area contributed by atoms with Crippen molar-refractivity contribution in [1.29, 1.82) is 0 Å². The monoisotopic (exact) mass is 419 g/mol. The lowest BCUT2D eigenvalue weighted by atomic mass is 10.1. The van der Waals surface area contributed by atoms with E-state index in [0.29, 0.717) is 24.1 Å². The molecule has 29 heavy (non-hydrogen) atoms. The topological polar surface area (TPSA) is 97.8 Å². The number of nitrogens with one attached hydrogen (secondary N) is 2. The molecule has 2 heterocycles. The van der Waals surface area contributed by atoms with Gasteiger partial charge in [-0.05, 0) is 42.8 Å². The van der Waals surface area contributed by atoms with Crippen molar-refractivity contribution in [2.75, 3.05) is 23.6 Å². The van der Waals surface area contributed by atoms with Crippen molar-refractivity contribution < 1.29 is 19.2 Å². The number of halogens is 1. The van der Waals surface area contributed by atoms with Crippen LogP contribution >= 0.6 is 9.24 Å². The van der Waals surface area contributed by atoms with E-state index in [1.54, 1.807) is 11.2 Å². The van der Waals surface area contributed by atoms with Gasteiger partial charge in [0.1, 0.15) is 11.6 Å². The van der Waals surface area contributed by atoms with Gasteiger partial charge in [0.25, 0.3) is 5.91 Å². The lowest BCUT2D eigenvalue weighted by molar-refractivity contribution is -0.117. The van der Waals surface area contributed by atoms with Crippen molar-refractivity contribution in [3.8, 4) is 0 Å². The van der Waals surface area contributed by atoms with Crippen LogP contribution in [0.2, 0.25) is 0 Å². The van der Waals surface area contributed by atoms with Gasteiger partial charge in [-0.1, -0.05) is 6.07 Å². The maximum atomic E-state index is 14.1. The minimum atomic E-state index is -0.728. The second kappa shape index (κ2) is 9.15. The van der Waals surface area contributed by atoms with E-state index in [1.165, 1.54) is 6.07 Å². The van der Waals surface area contributed by atoms with Gasteiger partial charge in [-0.3, -0.25) is 30.3 Å². The van der Waals surface area contributed by atoms with E-state index in [0.717, 1.165) is 31.0 Å². The first kappa shape index (κ1) is 21.0. The van der Waals surface area contributed by atoms with Gasteiger partial charge in [0.2, 0.25) is 6.41 Å². The molecule has 2 unspecified atom stereocenters. The molecule has 1 aliphatic heterocycles. The zero-order valence-corrected chi connectivity index (χ0v) is 17.1. The molecule has 3 rings (SSSR count). The van der Waals surface area contributed by atoms with E-state index in [-0.39, 0.29) is 17.3 Å². The molecule has 2 atom stereocenters. The quantitative estimate of drug-likeness (QED) is 0.357. The lowest BCUT2D eigenvalue weighted by Gasteiger charge is -2.25. The fourth-order valence-electron chi connectivity index (χ4n) is 3.24. The molecular formula is C19H23FN5O3P. The molecule has 1 aliphatic rings. The number of hydrogen-bond acceptors (Lipinski definition) is 6. The lowest BCUT2D eigenvalue weighted by Crippen LogP contribution is -2.36. The molecule has 2 aromatic rings. The second-order valence-electron chi connectivity index (χ2n) is 6.88. The normalized spacial score (nSPS) is 14.6. The van der Waals surface area contributed by atoms with Crippen LogP contribution in [0.15, 0.2) is 30.5 Å². The SMILES string of the molecule is CC(Cc1ccc(N2CCCN2C=O)nc1)NC(=O)c1cc(P)c(NO)cc1F. The number of anilines is 2. The minimum absolute atomic E-state index is 0.0997. The standard InChI is InChI=1S/C19H23FN5O3P/c1-12(22-19(27)14-8-17(29)16(23-28)9-15(14)20)7-13-3-4-18(21-10-13)25-6-2-5-24(25)11-26/h3-4,8-12,23,28H,2,5-7,29H2,1H3,(H,22,27). The largest absolute Gasteiger partial charge is 0.349 e. The van der Waals surface area contributed by atoms with E-state index < -0.39 is 11.7 Å². The summed E-state index contributed by atoms with van der Waals surface area (Å²) in [5.74, 6) is -0.567. The number of hydrazine groups is 1. The zero-order chi connectivity index (χ0) is 21.0. The first-order valence-corrected chi connectivity index (χ1v) is 9.75. The average Bonchev–Trinajstić information content (AvgIpc) is 3.18. The number of carbonyl (C=O) groups excluding carboxylic acids is 2. The van der Waals surface area contributed by atoms with E-state index in [4.69, 9.17) is 5.21 Å². The maximum Gasteiger partial charge on any atom is 0.254 e. The first-order valence-electron chi connectivity index (χ1n) is 9.17. The van der Waals surface area contributed by atoms with Gasteiger partial charge in [0.05, 0.1) is 11.3 Å². The van der Waals surface area contributed by atoms with Crippen LogP contribution in [0.1, 0.15) is 29.3 Å². The van der Waals surface area contributed by atoms with E-state index >= 15 is 0 Å². The Morgan fingerprint density at radius 1 is 1.41 bits per heavy atom. The van der Waals surface area contributed by atoms with Crippen molar-refractivity contribution in [3.05, 3.63) is 47.4 Å². The number of aromatic nitrogens is 1. The average molecular weight is 419 g/mol. The Balaban J connectivity index is 1.62. The summed E-state index contributed by atoms with van der Waals surface area (Å²) in [6.07, 6.45) is 3.92. The van der Waals surface area contributed by atoms with Gasteiger partial charge >= 0.3 is 0 Å². The van der Waals surface area contributed by atoms with E-state index in [9.17, 15) is 14.0 Å². The second-order valence-corrected chi connectivity index (χ2v) is 7.50. The number of hydrogen-bond donors (Lipinski definition) is 3. The van der Waals surface area contributed by atoms with E-state index in [2.05, 4.69) is 19.5 Å². The van der Waals surface area contributed by atoms with Crippen molar-refractivity contribution in [1.82, 2.24) is 15.3 Å². The van der Waals surface area contributed by atoms with Crippen molar-refractivity contribution in [2.24, 2.45) is 0 Å². The fraction of sp³-hybridized carbons (Fsp3) is 0.316. The smallest absolute Gasteiger partial charge is 0.254 e. The molecule has 1 aromatic carbocycles. The zero-order valence-electron chi connectivity index (χ0n) is 15.9. The van der Waals surface area contributed by atoms with Gasteiger partial charge in [0, 0.05) is 31.4 Å². The summed E-state index contributed by atoms with van der Waals surface area (Å²) < 4.78 is 14.1. The van der Waals surface area contributed by atoms with Gasteiger partial charge in [-0.15, -0.1) is 9.24 Å². The molecular weight excluding hydrogens is 396 g/mol. The summed E-state index contributed by atoms with van der Waals surface area (Å²) >= 11 is 0. The van der Waals surface area contributed by atoms with Crippen LogP contribution in [0, 0.1) is 5.82 Å². The molecule has 1 saturated heterocycles. The number of amides is 2. The fourth-order valence-corrected chi connectivity index (χ4v) is 3.56. The van der Waals surface area contributed by atoms with Gasteiger partial charge in [-0.25, -0.2) is 9.37 Å². The first-order chi connectivity index (χ1) is 13.9. The highest BCUT2D eigenvalue weighted by Gasteiger charge is 2.22. The highest BCUT2D eigenvalue weighted by atomic mass is 31.0. The Labute approximate surface area is 170 Å². The maximum absolute atomic E-state index is 14.1. The van der Waals surface area contributed by atoms with Crippen molar-refractivity contribution >= 4 is 38.4 Å². The Hall–Kier alpha value is -2.77. The van der Waals surface area contributed by atoms with E-state index in [1.807, 2.05) is 29.5 Å². The van der Waals surface area contributed by atoms with Crippen LogP contribution in [0.4, 0.5) is 15.9 Å². The van der Waals surface area contributed by atoms with Crippen LogP contribution in [-0.4, -0.2) is 46.6 Å². The van der Waals surface area contributed by atoms with Crippen LogP contribution in [-0.2, 0) is 11.2 Å². The van der Waals surface area contributed by atoms with Gasteiger partial charge < -0.3 is 5.32 Å². The molecule has 0 radical (unpaired) electrons. The number of benzene rings is 1. The van der Waals surface area contributed by atoms with Crippen LogP contribution < -0.4 is 21.1 Å². The summed E-state index contributed by atoms with van der Waals surface area (Å²) in [6, 6.07) is 5.90. The minimum Gasteiger partial charge on any atom is -0.349 e. The molecule has 0 spiro atoms. The Bertz CT molecular complexity index is 896. The number of carbonyl (C=O) groups is 2. The predicted molar refractivity (Wildman–Crippen MR) is 111 cm³/mol. The van der Waals surface area contributed by atoms with Gasteiger partial charge in [0.15, 0.2) is 0 Å².